The summed E-state index contributed by atoms with van der Waals surface area (Å²) in [7, 11) is 0. The lowest BCUT2D eigenvalue weighted by atomic mass is 10.4. The van der Waals surface area contributed by atoms with E-state index in [1.165, 1.54) is 11.3 Å². The van der Waals surface area contributed by atoms with E-state index in [-0.39, 0.29) is 12.5 Å². The largest absolute Gasteiger partial charge is 0.395 e. The molecule has 3 nitrogen and oxygen atoms in total. The molecule has 0 bridgehead atoms. The highest BCUT2D eigenvalue weighted by Gasteiger charge is 2.17. The van der Waals surface area contributed by atoms with Gasteiger partial charge in [-0.3, -0.25) is 4.79 Å². The van der Waals surface area contributed by atoms with Gasteiger partial charge in [-0.2, -0.15) is 0 Å². The van der Waals surface area contributed by atoms with Gasteiger partial charge in [0.1, 0.15) is 4.88 Å². The van der Waals surface area contributed by atoms with Gasteiger partial charge in [0.25, 0.3) is 5.91 Å². The maximum absolute atomic E-state index is 11.8. The molecule has 78 valence electrons. The standard InChI is InChI=1S/C9H12ClNO2S/c1-2-11(4-5-12)9(13)8-7(10)3-6-14-8/h3,6,12H,2,4-5H2,1H3. The Morgan fingerprint density at radius 3 is 2.86 bits per heavy atom. The molecule has 0 radical (unpaired) electrons. The summed E-state index contributed by atoms with van der Waals surface area (Å²) in [5.74, 6) is -0.110. The molecule has 1 heterocycles. The fraction of sp³-hybridized carbons (Fsp3) is 0.444. The summed E-state index contributed by atoms with van der Waals surface area (Å²) in [5.41, 5.74) is 0. The first-order valence-electron chi connectivity index (χ1n) is 4.33. The number of thiophene rings is 1. The zero-order chi connectivity index (χ0) is 10.6. The Bertz CT molecular complexity index is 314. The molecule has 0 saturated heterocycles. The van der Waals surface area contributed by atoms with Crippen LogP contribution in [0, 0.1) is 0 Å². The van der Waals surface area contributed by atoms with Crippen LogP contribution in [0.15, 0.2) is 11.4 Å². The third kappa shape index (κ3) is 2.47. The molecule has 0 saturated carbocycles. The summed E-state index contributed by atoms with van der Waals surface area (Å²) in [6.45, 7) is 2.77. The van der Waals surface area contributed by atoms with Crippen LogP contribution in [0.4, 0.5) is 0 Å². The summed E-state index contributed by atoms with van der Waals surface area (Å²) in [6, 6.07) is 1.70. The lowest BCUT2D eigenvalue weighted by Gasteiger charge is -2.18. The molecule has 1 rings (SSSR count). The molecule has 1 amide bonds. The van der Waals surface area contributed by atoms with Gasteiger partial charge >= 0.3 is 0 Å². The lowest BCUT2D eigenvalue weighted by molar-refractivity contribution is 0.0737. The third-order valence-electron chi connectivity index (χ3n) is 1.85. The third-order valence-corrected chi connectivity index (χ3v) is 3.18. The number of aliphatic hydroxyl groups is 1. The van der Waals surface area contributed by atoms with Gasteiger partial charge in [0.15, 0.2) is 0 Å². The normalized spacial score (nSPS) is 10.2. The van der Waals surface area contributed by atoms with Gasteiger partial charge in [-0.15, -0.1) is 11.3 Å². The number of carbonyl (C=O) groups is 1. The molecule has 0 aromatic carbocycles. The number of halogens is 1. The van der Waals surface area contributed by atoms with E-state index in [4.69, 9.17) is 16.7 Å². The predicted octanol–water partition coefficient (Wildman–Crippen LogP) is 1.86. The maximum Gasteiger partial charge on any atom is 0.265 e. The second-order valence-corrected chi connectivity index (χ2v) is 4.03. The van der Waals surface area contributed by atoms with E-state index < -0.39 is 0 Å². The van der Waals surface area contributed by atoms with E-state index >= 15 is 0 Å². The van der Waals surface area contributed by atoms with Gasteiger partial charge in [0.05, 0.1) is 11.6 Å². The van der Waals surface area contributed by atoms with Crippen LogP contribution in [0.5, 0.6) is 0 Å². The second-order valence-electron chi connectivity index (χ2n) is 2.71. The van der Waals surface area contributed by atoms with Gasteiger partial charge in [0, 0.05) is 13.1 Å². The molecule has 0 spiro atoms. The molecule has 1 aromatic heterocycles. The molecule has 1 aromatic rings. The Kier molecular flexibility index (Phi) is 4.38. The Morgan fingerprint density at radius 2 is 2.43 bits per heavy atom. The number of aliphatic hydroxyl groups excluding tert-OH is 1. The number of likely N-dealkylation sites (N-methyl/N-ethyl adjacent to an activating group) is 1. The summed E-state index contributed by atoms with van der Waals surface area (Å²) in [4.78, 5) is 13.9. The number of amides is 1. The van der Waals surface area contributed by atoms with E-state index in [0.717, 1.165) is 0 Å². The number of rotatable bonds is 4. The molecule has 0 aliphatic rings. The minimum absolute atomic E-state index is 0.0252. The Balaban J connectivity index is 2.78. The molecule has 0 aliphatic carbocycles. The predicted molar refractivity (Wildman–Crippen MR) is 58.0 cm³/mol. The van der Waals surface area contributed by atoms with Crippen molar-refractivity contribution in [3.8, 4) is 0 Å². The number of carbonyl (C=O) groups excluding carboxylic acids is 1. The van der Waals surface area contributed by atoms with Gasteiger partial charge in [-0.1, -0.05) is 11.6 Å². The molecule has 0 unspecified atom stereocenters. The van der Waals surface area contributed by atoms with Crippen molar-refractivity contribution in [1.29, 1.82) is 0 Å². The molecule has 14 heavy (non-hydrogen) atoms. The molecule has 0 fully saturated rings. The van der Waals surface area contributed by atoms with Crippen LogP contribution in [-0.2, 0) is 0 Å². The van der Waals surface area contributed by atoms with Crippen molar-refractivity contribution >= 4 is 28.8 Å². The fourth-order valence-electron chi connectivity index (χ4n) is 1.11. The first kappa shape index (κ1) is 11.5. The lowest BCUT2D eigenvalue weighted by Crippen LogP contribution is -2.32. The monoisotopic (exact) mass is 233 g/mol. The highest BCUT2D eigenvalue weighted by molar-refractivity contribution is 7.12. The van der Waals surface area contributed by atoms with Crippen molar-refractivity contribution in [2.45, 2.75) is 6.92 Å². The van der Waals surface area contributed by atoms with Gasteiger partial charge in [0.2, 0.25) is 0 Å². The van der Waals surface area contributed by atoms with Crippen molar-refractivity contribution in [3.05, 3.63) is 21.3 Å². The molecule has 1 N–H and O–H groups in total. The molecule has 5 heteroatoms. The summed E-state index contributed by atoms with van der Waals surface area (Å²) >= 11 is 7.16. The van der Waals surface area contributed by atoms with Crippen LogP contribution in [-0.4, -0.2) is 35.6 Å². The maximum atomic E-state index is 11.8. The Labute approximate surface area is 91.9 Å². The summed E-state index contributed by atoms with van der Waals surface area (Å²) in [6.07, 6.45) is 0. The first-order valence-corrected chi connectivity index (χ1v) is 5.59. The van der Waals surface area contributed by atoms with Crippen molar-refractivity contribution in [1.82, 2.24) is 4.90 Å². The van der Waals surface area contributed by atoms with E-state index in [1.807, 2.05) is 6.92 Å². The van der Waals surface area contributed by atoms with Gasteiger partial charge < -0.3 is 10.0 Å². The van der Waals surface area contributed by atoms with E-state index in [9.17, 15) is 4.79 Å². The topological polar surface area (TPSA) is 40.5 Å². The fourth-order valence-corrected chi connectivity index (χ4v) is 2.22. The van der Waals surface area contributed by atoms with Crippen LogP contribution in [0.25, 0.3) is 0 Å². The van der Waals surface area contributed by atoms with Crippen molar-refractivity contribution in [2.24, 2.45) is 0 Å². The average Bonchev–Trinajstić information content (AvgIpc) is 2.59. The molecule has 0 aliphatic heterocycles. The number of hydrogen-bond donors (Lipinski definition) is 1. The Morgan fingerprint density at radius 1 is 1.71 bits per heavy atom. The highest BCUT2D eigenvalue weighted by Crippen LogP contribution is 2.23. The van der Waals surface area contributed by atoms with Gasteiger partial charge in [-0.25, -0.2) is 0 Å². The van der Waals surface area contributed by atoms with Crippen molar-refractivity contribution < 1.29 is 9.90 Å². The van der Waals surface area contributed by atoms with Crippen LogP contribution in [0.3, 0.4) is 0 Å². The molecular formula is C9H12ClNO2S. The average molecular weight is 234 g/mol. The van der Waals surface area contributed by atoms with Gasteiger partial charge in [-0.05, 0) is 18.4 Å². The van der Waals surface area contributed by atoms with E-state index in [2.05, 4.69) is 0 Å². The first-order chi connectivity index (χ1) is 6.70. The molecule has 0 atom stereocenters. The smallest absolute Gasteiger partial charge is 0.265 e. The van der Waals surface area contributed by atoms with Crippen molar-refractivity contribution in [2.75, 3.05) is 19.7 Å². The van der Waals surface area contributed by atoms with Crippen LogP contribution >= 0.6 is 22.9 Å². The molecular weight excluding hydrogens is 222 g/mol. The highest BCUT2D eigenvalue weighted by atomic mass is 35.5. The SMILES string of the molecule is CCN(CCO)C(=O)c1sccc1Cl. The quantitative estimate of drug-likeness (QED) is 0.863. The van der Waals surface area contributed by atoms with E-state index in [0.29, 0.717) is 23.0 Å². The van der Waals surface area contributed by atoms with Crippen LogP contribution in [0.2, 0.25) is 5.02 Å². The van der Waals surface area contributed by atoms with Crippen molar-refractivity contribution in [3.63, 3.8) is 0 Å². The number of hydrogen-bond acceptors (Lipinski definition) is 3. The second kappa shape index (κ2) is 5.34. The zero-order valence-corrected chi connectivity index (χ0v) is 9.44. The van der Waals surface area contributed by atoms with Crippen LogP contribution in [0.1, 0.15) is 16.6 Å². The summed E-state index contributed by atoms with van der Waals surface area (Å²) < 4.78 is 0. The summed E-state index contributed by atoms with van der Waals surface area (Å²) in [5, 5.41) is 11.0. The minimum atomic E-state index is -0.110. The Hall–Kier alpha value is -0.580. The zero-order valence-electron chi connectivity index (χ0n) is 7.86. The minimum Gasteiger partial charge on any atom is -0.395 e. The van der Waals surface area contributed by atoms with Crippen LogP contribution < -0.4 is 0 Å². The van der Waals surface area contributed by atoms with E-state index in [1.54, 1.807) is 16.3 Å². The number of nitrogens with zero attached hydrogens (tertiary/aromatic N) is 1.